The number of aliphatic hydroxyl groups is 1. The predicted molar refractivity (Wildman–Crippen MR) is 70.0 cm³/mol. The van der Waals surface area contributed by atoms with Crippen LogP contribution >= 0.6 is 0 Å². The van der Waals surface area contributed by atoms with Crippen LogP contribution in [0.2, 0.25) is 0 Å². The molecule has 2 heterocycles. The Labute approximate surface area is 112 Å². The van der Waals surface area contributed by atoms with Gasteiger partial charge in [-0.15, -0.1) is 0 Å². The fourth-order valence-corrected chi connectivity index (χ4v) is 6.10. The van der Waals surface area contributed by atoms with E-state index in [-0.39, 0.29) is 18.7 Å². The van der Waals surface area contributed by atoms with Crippen LogP contribution in [-0.2, 0) is 15.4 Å². The maximum absolute atomic E-state index is 13.2. The van der Waals surface area contributed by atoms with Gasteiger partial charge < -0.3 is 5.11 Å². The number of fused-ring (bicyclic) bond motifs is 2. The summed E-state index contributed by atoms with van der Waals surface area (Å²) in [7, 11) is -3.06. The monoisotopic (exact) mass is 284 g/mol. The molecule has 3 rings (SSSR count). The molecule has 0 amide bonds. The number of hydrogen-bond donors (Lipinski definition) is 1. The van der Waals surface area contributed by atoms with Crippen LogP contribution in [0.15, 0.2) is 18.2 Å². The molecule has 2 fully saturated rings. The smallest absolute Gasteiger partial charge is 0.156 e. The molecule has 0 aromatic heterocycles. The van der Waals surface area contributed by atoms with Crippen molar-refractivity contribution in [2.24, 2.45) is 0 Å². The average molecular weight is 284 g/mol. The lowest BCUT2D eigenvalue weighted by atomic mass is 9.83. The Kier molecular flexibility index (Phi) is 2.77. The molecule has 19 heavy (non-hydrogen) atoms. The van der Waals surface area contributed by atoms with E-state index in [9.17, 15) is 17.9 Å². The van der Waals surface area contributed by atoms with E-state index in [0.29, 0.717) is 24.0 Å². The van der Waals surface area contributed by atoms with Crippen LogP contribution in [0, 0.1) is 12.7 Å². The molecule has 5 heteroatoms. The minimum absolute atomic E-state index is 0.234. The Bertz CT molecular complexity index is 604. The second kappa shape index (κ2) is 4.03. The molecule has 2 unspecified atom stereocenters. The standard InChI is InChI=1S/C14H17FO3S/c1-9-6-10(15)2-5-13(9)14(16)7-11-3-4-12(8-14)19(11,17)18/h2,5-6,11-12,16H,3-4,7-8H2,1H3. The quantitative estimate of drug-likeness (QED) is 0.859. The molecule has 0 aliphatic carbocycles. The van der Waals surface area contributed by atoms with Gasteiger partial charge in [0.2, 0.25) is 0 Å². The van der Waals surface area contributed by atoms with Gasteiger partial charge in [-0.3, -0.25) is 0 Å². The van der Waals surface area contributed by atoms with Crippen LogP contribution in [0.1, 0.15) is 36.8 Å². The third-order valence-corrected chi connectivity index (χ3v) is 7.22. The lowest BCUT2D eigenvalue weighted by Gasteiger charge is -2.37. The van der Waals surface area contributed by atoms with Crippen LogP contribution in [-0.4, -0.2) is 24.0 Å². The molecular formula is C14H17FO3S. The van der Waals surface area contributed by atoms with E-state index in [4.69, 9.17) is 0 Å². The summed E-state index contributed by atoms with van der Waals surface area (Å²) in [6.45, 7) is 1.75. The van der Waals surface area contributed by atoms with Crippen molar-refractivity contribution in [2.75, 3.05) is 0 Å². The van der Waals surface area contributed by atoms with Crippen molar-refractivity contribution >= 4 is 9.84 Å². The molecule has 0 saturated carbocycles. The van der Waals surface area contributed by atoms with Gasteiger partial charge in [0.25, 0.3) is 0 Å². The molecule has 2 atom stereocenters. The molecule has 0 spiro atoms. The van der Waals surface area contributed by atoms with Crippen molar-refractivity contribution in [3.05, 3.63) is 35.1 Å². The van der Waals surface area contributed by atoms with E-state index in [1.165, 1.54) is 12.1 Å². The van der Waals surface area contributed by atoms with Gasteiger partial charge in [0.1, 0.15) is 5.82 Å². The molecule has 2 saturated heterocycles. The zero-order valence-electron chi connectivity index (χ0n) is 10.8. The lowest BCUT2D eigenvalue weighted by molar-refractivity contribution is 0.0167. The summed E-state index contributed by atoms with van der Waals surface area (Å²) in [5.41, 5.74) is 0.219. The Hall–Kier alpha value is -0.940. The Balaban J connectivity index is 2.02. The number of aryl methyl sites for hydroxylation is 1. The topological polar surface area (TPSA) is 54.4 Å². The maximum atomic E-state index is 13.2. The first-order valence-corrected chi connectivity index (χ1v) is 8.15. The summed E-state index contributed by atoms with van der Waals surface area (Å²) < 4.78 is 37.3. The van der Waals surface area contributed by atoms with Gasteiger partial charge in [0, 0.05) is 0 Å². The molecule has 104 valence electrons. The van der Waals surface area contributed by atoms with Crippen molar-refractivity contribution in [1.82, 2.24) is 0 Å². The first-order valence-electron chi connectivity index (χ1n) is 6.55. The van der Waals surface area contributed by atoms with Crippen LogP contribution in [0.3, 0.4) is 0 Å². The second-order valence-corrected chi connectivity index (χ2v) is 8.32. The molecule has 2 aliphatic heterocycles. The highest BCUT2D eigenvalue weighted by atomic mass is 32.2. The normalized spacial score (nSPS) is 36.4. The molecule has 1 aromatic carbocycles. The zero-order chi connectivity index (χ0) is 13.8. The molecule has 3 nitrogen and oxygen atoms in total. The average Bonchev–Trinajstić information content (AvgIpc) is 2.50. The summed E-state index contributed by atoms with van der Waals surface area (Å²) in [6.07, 6.45) is 1.74. The van der Waals surface area contributed by atoms with E-state index in [1.54, 1.807) is 13.0 Å². The van der Waals surface area contributed by atoms with Crippen LogP contribution < -0.4 is 0 Å². The Morgan fingerprint density at radius 3 is 2.37 bits per heavy atom. The third kappa shape index (κ3) is 1.91. The summed E-state index contributed by atoms with van der Waals surface area (Å²) in [6, 6.07) is 4.30. The molecule has 1 aromatic rings. The first-order chi connectivity index (χ1) is 8.83. The van der Waals surface area contributed by atoms with Gasteiger partial charge in [-0.25, -0.2) is 12.8 Å². The zero-order valence-corrected chi connectivity index (χ0v) is 11.6. The summed E-state index contributed by atoms with van der Waals surface area (Å²) in [5.74, 6) is -0.337. The van der Waals surface area contributed by atoms with Crippen molar-refractivity contribution < 1.29 is 17.9 Å². The van der Waals surface area contributed by atoms with E-state index in [0.717, 1.165) is 0 Å². The summed E-state index contributed by atoms with van der Waals surface area (Å²) in [4.78, 5) is 0. The van der Waals surface area contributed by atoms with Gasteiger partial charge in [-0.1, -0.05) is 6.07 Å². The molecule has 2 bridgehead atoms. The second-order valence-electron chi connectivity index (χ2n) is 5.81. The van der Waals surface area contributed by atoms with Crippen LogP contribution in [0.25, 0.3) is 0 Å². The SMILES string of the molecule is Cc1cc(F)ccc1C1(O)CC2CCC(C1)S2(=O)=O. The molecule has 0 radical (unpaired) electrons. The van der Waals surface area contributed by atoms with Crippen molar-refractivity contribution in [1.29, 1.82) is 0 Å². The predicted octanol–water partition coefficient (Wildman–Crippen LogP) is 2.06. The van der Waals surface area contributed by atoms with Gasteiger partial charge in [-0.05, 0) is 55.9 Å². The fourth-order valence-electron chi connectivity index (χ4n) is 3.61. The number of rotatable bonds is 1. The third-order valence-electron chi connectivity index (χ3n) is 4.56. The minimum atomic E-state index is -3.06. The van der Waals surface area contributed by atoms with Crippen molar-refractivity contribution in [3.63, 3.8) is 0 Å². The summed E-state index contributed by atoms with van der Waals surface area (Å²) >= 11 is 0. The highest BCUT2D eigenvalue weighted by Gasteiger charge is 2.53. The van der Waals surface area contributed by atoms with Gasteiger partial charge in [0.05, 0.1) is 16.1 Å². The number of sulfone groups is 1. The number of halogens is 1. The number of benzene rings is 1. The number of hydrogen-bond acceptors (Lipinski definition) is 3. The Morgan fingerprint density at radius 1 is 1.26 bits per heavy atom. The highest BCUT2D eigenvalue weighted by molar-refractivity contribution is 7.93. The molecule has 2 aliphatic rings. The lowest BCUT2D eigenvalue weighted by Crippen LogP contribution is -2.43. The molecular weight excluding hydrogens is 267 g/mol. The Morgan fingerprint density at radius 2 is 1.84 bits per heavy atom. The van der Waals surface area contributed by atoms with Crippen LogP contribution in [0.5, 0.6) is 0 Å². The van der Waals surface area contributed by atoms with E-state index in [2.05, 4.69) is 0 Å². The van der Waals surface area contributed by atoms with Gasteiger partial charge in [0.15, 0.2) is 9.84 Å². The highest BCUT2D eigenvalue weighted by Crippen LogP contribution is 2.48. The largest absolute Gasteiger partial charge is 0.385 e. The minimum Gasteiger partial charge on any atom is -0.385 e. The first kappa shape index (κ1) is 13.1. The summed E-state index contributed by atoms with van der Waals surface area (Å²) in [5, 5.41) is 9.95. The van der Waals surface area contributed by atoms with Crippen molar-refractivity contribution in [2.45, 2.75) is 48.7 Å². The molecule has 1 N–H and O–H groups in total. The van der Waals surface area contributed by atoms with Crippen molar-refractivity contribution in [3.8, 4) is 0 Å². The van der Waals surface area contributed by atoms with E-state index < -0.39 is 25.9 Å². The van der Waals surface area contributed by atoms with Crippen LogP contribution in [0.4, 0.5) is 4.39 Å². The fraction of sp³-hybridized carbons (Fsp3) is 0.571. The van der Waals surface area contributed by atoms with E-state index in [1.807, 2.05) is 0 Å². The maximum Gasteiger partial charge on any atom is 0.156 e. The van der Waals surface area contributed by atoms with Gasteiger partial charge >= 0.3 is 0 Å². The van der Waals surface area contributed by atoms with Gasteiger partial charge in [-0.2, -0.15) is 0 Å². The van der Waals surface area contributed by atoms with E-state index >= 15 is 0 Å².